The first kappa shape index (κ1) is 19.2. The summed E-state index contributed by atoms with van der Waals surface area (Å²) in [6.07, 6.45) is 3.96. The van der Waals surface area contributed by atoms with Crippen molar-refractivity contribution in [2.24, 2.45) is 11.3 Å². The van der Waals surface area contributed by atoms with Crippen LogP contribution < -0.4 is 0 Å². The number of halogens is 2. The molecule has 2 atom stereocenters. The van der Waals surface area contributed by atoms with Gasteiger partial charge in [-0.3, -0.25) is 9.59 Å². The summed E-state index contributed by atoms with van der Waals surface area (Å²) in [7, 11) is 0. The van der Waals surface area contributed by atoms with E-state index in [-0.39, 0.29) is 18.9 Å². The minimum Gasteiger partial charge on any atom is -0.395 e. The second kappa shape index (κ2) is 8.32. The van der Waals surface area contributed by atoms with Crippen LogP contribution in [0.5, 0.6) is 0 Å². The molecule has 0 bridgehead atoms. The fourth-order valence-electron chi connectivity index (χ4n) is 3.51. The number of aliphatic hydroxyl groups excluding tert-OH is 1. The van der Waals surface area contributed by atoms with Crippen molar-refractivity contribution in [3.05, 3.63) is 33.8 Å². The summed E-state index contributed by atoms with van der Waals surface area (Å²) in [4.78, 5) is 24.7. The van der Waals surface area contributed by atoms with Crippen molar-refractivity contribution in [3.8, 4) is 0 Å². The Bertz CT molecular complexity index is 617. The Balaban J connectivity index is 2.08. The number of esters is 2. The maximum atomic E-state index is 12.6. The highest BCUT2D eigenvalue weighted by molar-refractivity contribution is 6.35. The van der Waals surface area contributed by atoms with Crippen LogP contribution >= 0.6 is 23.2 Å². The molecule has 2 rings (SSSR count). The van der Waals surface area contributed by atoms with Crippen LogP contribution in [-0.4, -0.2) is 23.7 Å². The average molecular weight is 373 g/mol. The van der Waals surface area contributed by atoms with Gasteiger partial charge >= 0.3 is 11.9 Å². The van der Waals surface area contributed by atoms with Gasteiger partial charge in [-0.1, -0.05) is 55.5 Å². The quantitative estimate of drug-likeness (QED) is 0.621. The molecule has 2 unspecified atom stereocenters. The molecule has 1 saturated carbocycles. The van der Waals surface area contributed by atoms with Gasteiger partial charge in [-0.15, -0.1) is 0 Å². The van der Waals surface area contributed by atoms with Crippen molar-refractivity contribution in [2.75, 3.05) is 6.61 Å². The molecule has 0 amide bonds. The van der Waals surface area contributed by atoms with E-state index in [2.05, 4.69) is 0 Å². The third-order valence-corrected chi connectivity index (χ3v) is 5.53. The third kappa shape index (κ3) is 4.11. The number of ether oxygens (including phenoxy) is 1. The Morgan fingerprint density at radius 1 is 1.33 bits per heavy atom. The van der Waals surface area contributed by atoms with Gasteiger partial charge in [-0.2, -0.15) is 0 Å². The fourth-order valence-corrected chi connectivity index (χ4v) is 3.98. The van der Waals surface area contributed by atoms with Crippen molar-refractivity contribution in [2.45, 2.75) is 45.4 Å². The van der Waals surface area contributed by atoms with Gasteiger partial charge < -0.3 is 9.84 Å². The molecule has 1 aliphatic carbocycles. The first-order chi connectivity index (χ1) is 11.4. The summed E-state index contributed by atoms with van der Waals surface area (Å²) >= 11 is 11.9. The minimum absolute atomic E-state index is 0.0377. The van der Waals surface area contributed by atoms with Gasteiger partial charge in [-0.25, -0.2) is 0 Å². The van der Waals surface area contributed by atoms with Crippen molar-refractivity contribution in [3.63, 3.8) is 0 Å². The molecule has 0 saturated heterocycles. The number of rotatable bonds is 5. The Morgan fingerprint density at radius 2 is 2.08 bits per heavy atom. The molecule has 1 N–H and O–H groups in total. The van der Waals surface area contributed by atoms with Crippen LogP contribution in [0.4, 0.5) is 0 Å². The Hall–Kier alpha value is -1.10. The molecule has 0 aliphatic heterocycles. The summed E-state index contributed by atoms with van der Waals surface area (Å²) < 4.78 is 5.08. The number of carbonyl (C=O) groups is 2. The van der Waals surface area contributed by atoms with Gasteiger partial charge in [0.1, 0.15) is 0 Å². The maximum Gasteiger partial charge on any atom is 0.322 e. The van der Waals surface area contributed by atoms with Gasteiger partial charge in [0.25, 0.3) is 0 Å². The Labute approximate surface area is 152 Å². The average Bonchev–Trinajstić information content (AvgIpc) is 2.57. The highest BCUT2D eigenvalue weighted by Crippen LogP contribution is 2.43. The van der Waals surface area contributed by atoms with E-state index in [9.17, 15) is 14.7 Å². The van der Waals surface area contributed by atoms with E-state index in [4.69, 9.17) is 27.9 Å². The first-order valence-electron chi connectivity index (χ1n) is 8.23. The van der Waals surface area contributed by atoms with Crippen LogP contribution in [0.1, 0.15) is 44.6 Å². The molecule has 1 aliphatic rings. The SMILES string of the molecule is CCC1CCCCC1(CO)C(=O)OC(=O)Cc1ccc(Cl)cc1Cl. The molecule has 6 heteroatoms. The lowest BCUT2D eigenvalue weighted by Crippen LogP contribution is -2.46. The summed E-state index contributed by atoms with van der Waals surface area (Å²) in [6.45, 7) is 1.70. The summed E-state index contributed by atoms with van der Waals surface area (Å²) in [5.41, 5.74) is -0.417. The van der Waals surface area contributed by atoms with Gasteiger partial charge in [0.05, 0.1) is 18.4 Å². The van der Waals surface area contributed by atoms with E-state index in [1.54, 1.807) is 12.1 Å². The van der Waals surface area contributed by atoms with Crippen molar-refractivity contribution in [1.29, 1.82) is 0 Å². The van der Waals surface area contributed by atoms with Crippen molar-refractivity contribution >= 4 is 35.1 Å². The van der Waals surface area contributed by atoms with Crippen LogP contribution in [0.25, 0.3) is 0 Å². The second-order valence-corrected chi connectivity index (χ2v) is 7.18. The molecular formula is C18H22Cl2O4. The van der Waals surface area contributed by atoms with E-state index in [0.717, 1.165) is 25.7 Å². The normalized spacial score (nSPS) is 23.8. The van der Waals surface area contributed by atoms with Crippen LogP contribution in [0.2, 0.25) is 10.0 Å². The van der Waals surface area contributed by atoms with E-state index < -0.39 is 17.4 Å². The predicted molar refractivity (Wildman–Crippen MR) is 93.0 cm³/mol. The van der Waals surface area contributed by atoms with Gasteiger partial charge in [0, 0.05) is 10.0 Å². The second-order valence-electron chi connectivity index (χ2n) is 6.34. The molecule has 0 spiro atoms. The summed E-state index contributed by atoms with van der Waals surface area (Å²) in [5.74, 6) is -1.25. The predicted octanol–water partition coefficient (Wildman–Crippen LogP) is 4.18. The number of aliphatic hydroxyl groups is 1. The van der Waals surface area contributed by atoms with Crippen molar-refractivity contribution in [1.82, 2.24) is 0 Å². The Kier molecular flexibility index (Phi) is 6.67. The molecule has 0 radical (unpaired) electrons. The molecule has 132 valence electrons. The summed E-state index contributed by atoms with van der Waals surface area (Å²) in [6, 6.07) is 4.80. The van der Waals surface area contributed by atoms with Crippen LogP contribution in [0.3, 0.4) is 0 Å². The highest BCUT2D eigenvalue weighted by atomic mass is 35.5. The Morgan fingerprint density at radius 3 is 2.71 bits per heavy atom. The molecular weight excluding hydrogens is 351 g/mol. The monoisotopic (exact) mass is 372 g/mol. The van der Waals surface area contributed by atoms with Gasteiger partial charge in [-0.05, 0) is 36.5 Å². The first-order valence-corrected chi connectivity index (χ1v) is 8.98. The molecule has 1 aromatic carbocycles. The standard InChI is InChI=1S/C18H22Cl2O4/c1-2-13-5-3-4-8-18(13,11-21)17(23)24-16(22)9-12-6-7-14(19)10-15(12)20/h6-7,10,13,21H,2-5,8-9,11H2,1H3. The van der Waals surface area contributed by atoms with E-state index in [1.807, 2.05) is 6.92 Å². The topological polar surface area (TPSA) is 63.6 Å². The molecule has 24 heavy (non-hydrogen) atoms. The summed E-state index contributed by atoms with van der Waals surface area (Å²) in [5, 5.41) is 10.7. The minimum atomic E-state index is -0.966. The van der Waals surface area contributed by atoms with Gasteiger partial charge in [0.15, 0.2) is 0 Å². The lowest BCUT2D eigenvalue weighted by Gasteiger charge is -2.40. The molecule has 0 aromatic heterocycles. The largest absolute Gasteiger partial charge is 0.395 e. The number of hydrogen-bond donors (Lipinski definition) is 1. The van der Waals surface area contributed by atoms with Crippen LogP contribution in [-0.2, 0) is 20.7 Å². The van der Waals surface area contributed by atoms with E-state index in [1.165, 1.54) is 6.07 Å². The van der Waals surface area contributed by atoms with Gasteiger partial charge in [0.2, 0.25) is 0 Å². The molecule has 1 aromatic rings. The fraction of sp³-hybridized carbons (Fsp3) is 0.556. The molecule has 4 nitrogen and oxygen atoms in total. The highest BCUT2D eigenvalue weighted by Gasteiger charge is 2.47. The third-order valence-electron chi connectivity index (χ3n) is 4.94. The smallest absolute Gasteiger partial charge is 0.322 e. The maximum absolute atomic E-state index is 12.6. The zero-order valence-electron chi connectivity index (χ0n) is 13.7. The number of carbonyl (C=O) groups excluding carboxylic acids is 2. The number of benzene rings is 1. The van der Waals surface area contributed by atoms with Crippen LogP contribution in [0.15, 0.2) is 18.2 Å². The molecule has 0 heterocycles. The zero-order chi connectivity index (χ0) is 17.7. The van der Waals surface area contributed by atoms with Crippen molar-refractivity contribution < 1.29 is 19.4 Å². The molecule has 1 fully saturated rings. The zero-order valence-corrected chi connectivity index (χ0v) is 15.2. The van der Waals surface area contributed by atoms with E-state index >= 15 is 0 Å². The van der Waals surface area contributed by atoms with Crippen LogP contribution in [0, 0.1) is 11.3 Å². The van der Waals surface area contributed by atoms with E-state index in [0.29, 0.717) is 22.0 Å². The number of hydrogen-bond acceptors (Lipinski definition) is 4. The lowest BCUT2D eigenvalue weighted by molar-refractivity contribution is -0.174. The lowest BCUT2D eigenvalue weighted by atomic mass is 9.65.